The minimum Gasteiger partial charge on any atom is -0.224 e. The average molecular weight is 1570 g/mol. The van der Waals surface area contributed by atoms with Crippen molar-refractivity contribution in [2.45, 2.75) is 115 Å². The normalized spacial score (nSPS) is 10.9. The molecule has 12 aromatic carbocycles. The van der Waals surface area contributed by atoms with Crippen molar-refractivity contribution in [2.24, 2.45) is 0 Å². The third kappa shape index (κ3) is 28.5. The molecule has 0 saturated heterocycles. The lowest BCUT2D eigenvalue weighted by molar-refractivity contribution is -0.144. The first-order valence-electron chi connectivity index (χ1n) is 31.6. The number of aryl methyl sites for hydroxylation is 8. The third-order valence-corrected chi connectivity index (χ3v) is 16.5. The Balaban J connectivity index is 0.000000473. The molecular weight excluding hydrogens is 1490 g/mol. The lowest BCUT2D eigenvalue weighted by Gasteiger charge is -2.17. The van der Waals surface area contributed by atoms with Gasteiger partial charge in [0.2, 0.25) is 0 Å². The van der Waals surface area contributed by atoms with Crippen LogP contribution in [0.15, 0.2) is 241 Å². The van der Waals surface area contributed by atoms with E-state index in [9.17, 15) is 96.2 Å². The van der Waals surface area contributed by atoms with Gasteiger partial charge in [-0.2, -0.15) is 52.7 Å². The van der Waals surface area contributed by atoms with E-state index in [1.54, 1.807) is 68.4 Å². The maximum Gasteiger partial charge on any atom is 0.416 e. The van der Waals surface area contributed by atoms with E-state index in [2.05, 4.69) is 86.6 Å². The molecule has 110 heavy (non-hydrogen) atoms. The molecule has 0 heterocycles. The second-order valence-corrected chi connectivity index (χ2v) is 26.3. The van der Waals surface area contributed by atoms with Crippen LogP contribution in [0, 0.1) is 102 Å². The standard InChI is InChI=1S/C23H12F12.C20H13F5.C10H8.C8H10O2S.C8H10.C7H6F2.C7H7F.4CH4/c1-11-2-12(14-5-16(20(24,25)26)9-17(6-14)21(27,28)29)4-13(3-11)15-7-18(22(30,31)32)10-19(8-15)23(33,34)35;1-10-3-12(14-5-11(2)19(24)16(21)7-14)6-13(4-10)15-8-17(22)20(25)18(23)9-15;1-2-6-10-8-4-3-7-9(10)5-1;1-7-3-5-8(6-4-7)11(2,9)10;1-7-3-5-8(2)6-4-7;1-5-3-2-4-6(8)7(5)9;1-6-4-2-3-5-7(6)8;;;;/h2-10H,1H3;3-9H,1-2H3;1-8H;3-6H,1-2H3;3-6H,1-2H3;2-4H,1H3;2-5H,1H3;4*1H4. The Kier molecular flexibility index (Phi) is 35.4. The van der Waals surface area contributed by atoms with Crippen LogP contribution in [-0.2, 0) is 34.5 Å². The molecule has 12 rings (SSSR count). The van der Waals surface area contributed by atoms with Gasteiger partial charge < -0.3 is 0 Å². The lowest BCUT2D eigenvalue weighted by atomic mass is 9.92. The largest absolute Gasteiger partial charge is 0.416 e. The molecule has 0 fully saturated rings. The van der Waals surface area contributed by atoms with Crippen LogP contribution in [0.2, 0.25) is 0 Å². The van der Waals surface area contributed by atoms with Crippen molar-refractivity contribution in [3.63, 3.8) is 0 Å². The van der Waals surface area contributed by atoms with Gasteiger partial charge in [0.15, 0.2) is 50.6 Å². The number of hydrogen-bond donors (Lipinski definition) is 0. The SMILES string of the molecule is C.C.C.C.Cc1cc(-c2cc(C(F)(F)F)cc(C(F)(F)F)c2)cc(-c2cc(C(F)(F)F)cc(C(F)(F)F)c2)c1.Cc1cc(-c2cc(C)c(F)c(F)c2)cc(-c2cc(F)c(F)c(F)c2)c1.Cc1ccc(C)cc1.Cc1ccc(S(C)(=O)=O)cc1.Cc1cccc(F)c1F.Cc1ccccc1F.c1ccc2ccccc2c1. The molecule has 0 aliphatic heterocycles. The van der Waals surface area contributed by atoms with E-state index < -0.39 is 109 Å². The second kappa shape index (κ2) is 40.8. The van der Waals surface area contributed by atoms with Crippen molar-refractivity contribution in [3.05, 3.63) is 350 Å². The minimum atomic E-state index is -5.15. The summed E-state index contributed by atoms with van der Waals surface area (Å²) >= 11 is 0. The Labute approximate surface area is 629 Å². The number of halogens is 20. The smallest absolute Gasteiger partial charge is 0.224 e. The van der Waals surface area contributed by atoms with Crippen LogP contribution < -0.4 is 0 Å². The highest BCUT2D eigenvalue weighted by Gasteiger charge is 2.39. The minimum absolute atomic E-state index is 0. The van der Waals surface area contributed by atoms with Crippen LogP contribution in [0.1, 0.15) is 96.5 Å². The summed E-state index contributed by atoms with van der Waals surface area (Å²) in [4.78, 5) is 0.378. The van der Waals surface area contributed by atoms with Crippen LogP contribution in [0.5, 0.6) is 0 Å². The predicted octanol–water partition coefficient (Wildman–Crippen LogP) is 29.2. The maximum atomic E-state index is 13.7. The Hall–Kier alpha value is -10.6. The van der Waals surface area contributed by atoms with Crippen molar-refractivity contribution in [2.75, 3.05) is 6.26 Å². The summed E-state index contributed by atoms with van der Waals surface area (Å²) in [5.74, 6) is -7.67. The summed E-state index contributed by atoms with van der Waals surface area (Å²) in [6.45, 7) is 13.9. The van der Waals surface area contributed by atoms with Gasteiger partial charge in [-0.05, 0) is 236 Å². The topological polar surface area (TPSA) is 34.1 Å². The van der Waals surface area contributed by atoms with E-state index in [-0.39, 0.29) is 75.5 Å². The molecule has 0 spiro atoms. The molecule has 0 aliphatic rings. The molecule has 0 amide bonds. The Morgan fingerprint density at radius 2 is 0.500 bits per heavy atom. The van der Waals surface area contributed by atoms with Gasteiger partial charge in [0, 0.05) is 6.26 Å². The molecular formula is C87H82F20O2S. The summed E-state index contributed by atoms with van der Waals surface area (Å²) in [5.41, 5.74) is -0.717. The molecule has 12 aromatic rings. The number of rotatable bonds is 5. The molecule has 0 radical (unpaired) electrons. The maximum absolute atomic E-state index is 13.7. The quantitative estimate of drug-likeness (QED) is 0.127. The van der Waals surface area contributed by atoms with Crippen LogP contribution in [0.4, 0.5) is 87.8 Å². The fourth-order valence-electron chi connectivity index (χ4n) is 9.81. The molecule has 0 aliphatic carbocycles. The second-order valence-electron chi connectivity index (χ2n) is 24.3. The molecule has 0 N–H and O–H groups in total. The zero-order chi connectivity index (χ0) is 79.0. The van der Waals surface area contributed by atoms with Crippen molar-refractivity contribution < 1.29 is 96.2 Å². The zero-order valence-corrected chi connectivity index (χ0v) is 58.6. The van der Waals surface area contributed by atoms with Crippen molar-refractivity contribution in [1.82, 2.24) is 0 Å². The molecule has 0 saturated carbocycles. The molecule has 588 valence electrons. The number of sulfone groups is 1. The molecule has 2 nitrogen and oxygen atoms in total. The fraction of sp³-hybridized carbons (Fsp3) is 0.195. The van der Waals surface area contributed by atoms with Crippen LogP contribution in [0.3, 0.4) is 0 Å². The number of alkyl halides is 12. The Morgan fingerprint density at radius 1 is 0.236 bits per heavy atom. The van der Waals surface area contributed by atoms with Gasteiger partial charge in [0.1, 0.15) is 5.82 Å². The first kappa shape index (κ1) is 95.5. The Bertz CT molecular complexity index is 4690. The molecule has 0 unspecified atom stereocenters. The average Bonchev–Trinajstić information content (AvgIpc) is 0.771. The zero-order valence-electron chi connectivity index (χ0n) is 57.8. The summed E-state index contributed by atoms with van der Waals surface area (Å²) in [6.07, 6.45) is -19.4. The number of hydrogen-bond acceptors (Lipinski definition) is 2. The third-order valence-electron chi connectivity index (χ3n) is 15.4. The number of fused-ring (bicyclic) bond motifs is 1. The molecule has 0 aromatic heterocycles. The van der Waals surface area contributed by atoms with E-state index in [0.717, 1.165) is 53.6 Å². The monoisotopic (exact) mass is 1570 g/mol. The first-order chi connectivity index (χ1) is 49.3. The van der Waals surface area contributed by atoms with Crippen molar-refractivity contribution >= 4 is 20.6 Å². The van der Waals surface area contributed by atoms with Gasteiger partial charge in [-0.15, -0.1) is 0 Å². The first-order valence-corrected chi connectivity index (χ1v) is 33.5. The van der Waals surface area contributed by atoms with Crippen molar-refractivity contribution in [3.8, 4) is 44.5 Å². The molecule has 0 bridgehead atoms. The summed E-state index contributed by atoms with van der Waals surface area (Å²) < 4.78 is 285. The van der Waals surface area contributed by atoms with Gasteiger partial charge in [0.05, 0.1) is 27.1 Å². The molecule has 0 atom stereocenters. The summed E-state index contributed by atoms with van der Waals surface area (Å²) in [6, 6.07) is 56.9. The predicted molar refractivity (Wildman–Crippen MR) is 402 cm³/mol. The van der Waals surface area contributed by atoms with Gasteiger partial charge in [-0.25, -0.2) is 43.5 Å². The van der Waals surface area contributed by atoms with E-state index in [0.29, 0.717) is 57.0 Å². The fourth-order valence-corrected chi connectivity index (χ4v) is 10.4. The summed E-state index contributed by atoms with van der Waals surface area (Å²) in [7, 11) is -3.02. The van der Waals surface area contributed by atoms with E-state index in [4.69, 9.17) is 0 Å². The van der Waals surface area contributed by atoms with Gasteiger partial charge >= 0.3 is 24.7 Å². The van der Waals surface area contributed by atoms with E-state index in [1.807, 2.05) is 13.0 Å². The van der Waals surface area contributed by atoms with Crippen LogP contribution in [-0.4, -0.2) is 14.7 Å². The van der Waals surface area contributed by atoms with Gasteiger partial charge in [0.25, 0.3) is 0 Å². The van der Waals surface area contributed by atoms with Gasteiger partial charge in [-0.1, -0.05) is 186 Å². The van der Waals surface area contributed by atoms with E-state index in [1.165, 1.54) is 73.2 Å². The van der Waals surface area contributed by atoms with E-state index >= 15 is 0 Å². The number of benzene rings is 12. The van der Waals surface area contributed by atoms with Crippen LogP contribution >= 0.6 is 0 Å². The van der Waals surface area contributed by atoms with Crippen LogP contribution in [0.25, 0.3) is 55.3 Å². The highest BCUT2D eigenvalue weighted by atomic mass is 32.2. The lowest BCUT2D eigenvalue weighted by Crippen LogP contribution is -2.11. The van der Waals surface area contributed by atoms with Crippen molar-refractivity contribution in [1.29, 1.82) is 0 Å². The summed E-state index contributed by atoms with van der Waals surface area (Å²) in [5, 5.41) is 2.62. The molecule has 23 heteroatoms. The highest BCUT2D eigenvalue weighted by molar-refractivity contribution is 7.90. The van der Waals surface area contributed by atoms with Gasteiger partial charge in [-0.3, -0.25) is 0 Å². The Morgan fingerprint density at radius 3 is 0.782 bits per heavy atom. The highest BCUT2D eigenvalue weighted by Crippen LogP contribution is 2.43.